The summed E-state index contributed by atoms with van der Waals surface area (Å²) in [5.74, 6) is -0.885. The predicted molar refractivity (Wildman–Crippen MR) is 146 cm³/mol. The van der Waals surface area contributed by atoms with Crippen molar-refractivity contribution < 1.29 is 13.5 Å². The number of anilines is 1. The summed E-state index contributed by atoms with van der Waals surface area (Å²) in [4.78, 5) is 29.9. The maximum Gasteiger partial charge on any atom is 0.355 e. The topological polar surface area (TPSA) is 73.1 Å². The Hall–Kier alpha value is -3.72. The number of benzene rings is 1. The van der Waals surface area contributed by atoms with E-state index in [4.69, 9.17) is 9.72 Å². The number of nitrogens with zero attached hydrogens (tertiary/aromatic N) is 5. The van der Waals surface area contributed by atoms with Crippen molar-refractivity contribution in [3.8, 4) is 16.9 Å². The fourth-order valence-electron chi connectivity index (χ4n) is 5.83. The van der Waals surface area contributed by atoms with Gasteiger partial charge in [-0.2, -0.15) is 4.98 Å². The largest absolute Gasteiger partial charge is 0.376 e. The van der Waals surface area contributed by atoms with E-state index in [1.807, 2.05) is 19.9 Å². The molecule has 5 heterocycles. The predicted octanol–water partition coefficient (Wildman–Crippen LogP) is 5.70. The van der Waals surface area contributed by atoms with Gasteiger partial charge in [0.2, 0.25) is 0 Å². The molecule has 1 aromatic carbocycles. The molecule has 1 fully saturated rings. The van der Waals surface area contributed by atoms with Crippen molar-refractivity contribution in [3.05, 3.63) is 75.5 Å². The Kier molecular flexibility index (Phi) is 6.62. The van der Waals surface area contributed by atoms with Crippen molar-refractivity contribution in [1.29, 1.82) is 0 Å². The van der Waals surface area contributed by atoms with Gasteiger partial charge in [0, 0.05) is 24.3 Å². The van der Waals surface area contributed by atoms with Gasteiger partial charge in [0.15, 0.2) is 5.65 Å². The quantitative estimate of drug-likeness (QED) is 0.331. The average molecular weight is 532 g/mol. The molecule has 2 aliphatic rings. The van der Waals surface area contributed by atoms with Crippen LogP contribution < -0.4 is 10.6 Å². The van der Waals surface area contributed by atoms with Gasteiger partial charge >= 0.3 is 5.69 Å². The van der Waals surface area contributed by atoms with Crippen LogP contribution in [0.3, 0.4) is 0 Å². The molecule has 0 saturated carbocycles. The number of aromatic nitrogens is 4. The van der Waals surface area contributed by atoms with Crippen LogP contribution in [0.15, 0.2) is 41.3 Å². The van der Waals surface area contributed by atoms with Gasteiger partial charge in [-0.3, -0.25) is 4.98 Å². The first-order chi connectivity index (χ1) is 18.8. The maximum absolute atomic E-state index is 16.0. The van der Waals surface area contributed by atoms with E-state index in [1.165, 1.54) is 16.7 Å². The Bertz CT molecular complexity index is 1630. The lowest BCUT2D eigenvalue weighted by Gasteiger charge is -2.35. The fraction of sp³-hybridized carbons (Fsp3) is 0.400. The van der Waals surface area contributed by atoms with Gasteiger partial charge in [0.25, 0.3) is 0 Å². The number of hydrogen-bond acceptors (Lipinski definition) is 6. The molecule has 7 nitrogen and oxygen atoms in total. The van der Waals surface area contributed by atoms with Crippen molar-refractivity contribution >= 4 is 16.9 Å². The van der Waals surface area contributed by atoms with Gasteiger partial charge in [0.1, 0.15) is 23.1 Å². The molecule has 0 unspecified atom stereocenters. The Labute approximate surface area is 225 Å². The summed E-state index contributed by atoms with van der Waals surface area (Å²) in [5.41, 5.74) is 2.22. The normalized spacial score (nSPS) is 17.6. The molecule has 0 amide bonds. The maximum atomic E-state index is 16.0. The van der Waals surface area contributed by atoms with E-state index in [1.54, 1.807) is 18.3 Å². The highest BCUT2D eigenvalue weighted by molar-refractivity contribution is 5.90. The number of piperidine rings is 1. The third-order valence-electron chi connectivity index (χ3n) is 7.79. The lowest BCUT2D eigenvalue weighted by Crippen LogP contribution is -2.40. The van der Waals surface area contributed by atoms with Gasteiger partial charge < -0.3 is 9.64 Å². The molecule has 0 N–H and O–H groups in total. The third kappa shape index (κ3) is 4.38. The lowest BCUT2D eigenvalue weighted by molar-refractivity contribution is 0.124. The van der Waals surface area contributed by atoms with Crippen LogP contribution in [0.5, 0.6) is 0 Å². The van der Waals surface area contributed by atoms with Crippen molar-refractivity contribution in [2.45, 2.75) is 65.0 Å². The van der Waals surface area contributed by atoms with Crippen LogP contribution in [-0.4, -0.2) is 38.7 Å². The number of hydrogen-bond donors (Lipinski definition) is 0. The minimum Gasteiger partial charge on any atom is -0.376 e. The summed E-state index contributed by atoms with van der Waals surface area (Å²) < 4.78 is 38.6. The summed E-state index contributed by atoms with van der Waals surface area (Å²) in [5, 5.41) is 0.417. The van der Waals surface area contributed by atoms with Gasteiger partial charge in [0.05, 0.1) is 30.0 Å². The lowest BCUT2D eigenvalue weighted by atomic mass is 10.00. The first-order valence-electron chi connectivity index (χ1n) is 13.6. The Morgan fingerprint density at radius 3 is 2.72 bits per heavy atom. The van der Waals surface area contributed by atoms with Crippen LogP contribution in [0, 0.1) is 11.6 Å². The number of halogens is 2. The van der Waals surface area contributed by atoms with Crippen LogP contribution in [0.2, 0.25) is 0 Å². The zero-order valence-electron chi connectivity index (χ0n) is 22.4. The Balaban J connectivity index is 1.77. The van der Waals surface area contributed by atoms with E-state index in [-0.39, 0.29) is 35.5 Å². The van der Waals surface area contributed by atoms with Crippen molar-refractivity contribution in [1.82, 2.24) is 19.5 Å². The van der Waals surface area contributed by atoms with E-state index >= 15 is 8.78 Å². The summed E-state index contributed by atoms with van der Waals surface area (Å²) in [6.07, 6.45) is 5.21. The Morgan fingerprint density at radius 2 is 1.92 bits per heavy atom. The standard InChI is InChI=1S/C30H31F2N5O2/c1-17(2)25-27-19(10-12-33-25)11-14-39-16-20-8-6-9-22(31)24(20)26-23(32)15-21-28(36-13-5-4-7-18(36)3)35-30(38)37(27)29(21)34-26/h6,8-10,12,15,17-18H,4-5,7,11,13-14,16H2,1-3H3/t18-/m0/s1. The first-order valence-corrected chi connectivity index (χ1v) is 13.6. The zero-order chi connectivity index (χ0) is 27.3. The number of rotatable bonds is 2. The van der Waals surface area contributed by atoms with Crippen molar-refractivity contribution in [3.63, 3.8) is 0 Å². The monoisotopic (exact) mass is 531 g/mol. The van der Waals surface area contributed by atoms with Gasteiger partial charge in [-0.1, -0.05) is 26.0 Å². The molecule has 0 aliphatic carbocycles. The van der Waals surface area contributed by atoms with Gasteiger partial charge in [-0.25, -0.2) is 23.1 Å². The summed E-state index contributed by atoms with van der Waals surface area (Å²) in [6.45, 7) is 7.23. The van der Waals surface area contributed by atoms with E-state index in [9.17, 15) is 4.79 Å². The first kappa shape index (κ1) is 25.6. The molecule has 3 aromatic heterocycles. The second kappa shape index (κ2) is 10.1. The molecule has 2 bridgehead atoms. The van der Waals surface area contributed by atoms with E-state index in [0.717, 1.165) is 24.8 Å². The van der Waals surface area contributed by atoms with Crippen LogP contribution in [-0.2, 0) is 17.8 Å². The molecule has 6 rings (SSSR count). The molecule has 4 aromatic rings. The highest BCUT2D eigenvalue weighted by Gasteiger charge is 2.29. The minimum absolute atomic E-state index is 0.0180. The molecule has 1 saturated heterocycles. The second-order valence-corrected chi connectivity index (χ2v) is 10.7. The minimum atomic E-state index is -0.681. The molecular formula is C30H31F2N5O2. The number of pyridine rings is 2. The van der Waals surface area contributed by atoms with Gasteiger partial charge in [-0.15, -0.1) is 0 Å². The molecule has 2 aliphatic heterocycles. The highest BCUT2D eigenvalue weighted by atomic mass is 19.1. The molecule has 0 spiro atoms. The highest BCUT2D eigenvalue weighted by Crippen LogP contribution is 2.36. The fourth-order valence-corrected chi connectivity index (χ4v) is 5.83. The molecule has 202 valence electrons. The van der Waals surface area contributed by atoms with Crippen LogP contribution in [0.1, 0.15) is 62.8 Å². The smallest absolute Gasteiger partial charge is 0.355 e. The molecule has 0 radical (unpaired) electrons. The van der Waals surface area contributed by atoms with Crippen LogP contribution in [0.4, 0.5) is 14.6 Å². The molecular weight excluding hydrogens is 500 g/mol. The Morgan fingerprint density at radius 1 is 1.08 bits per heavy atom. The number of fused-ring (bicyclic) bond motifs is 5. The third-order valence-corrected chi connectivity index (χ3v) is 7.79. The van der Waals surface area contributed by atoms with E-state index < -0.39 is 17.3 Å². The SMILES string of the molecule is CC(C)c1nccc2c1-n1c(=O)nc(N3CCCC[C@@H]3C)c3cc(F)c(nc31)-c1c(F)cccc1COCC2. The number of ether oxygens (including phenoxy) is 1. The zero-order valence-corrected chi connectivity index (χ0v) is 22.4. The molecule has 39 heavy (non-hydrogen) atoms. The molecule has 9 heteroatoms. The second-order valence-electron chi connectivity index (χ2n) is 10.7. The van der Waals surface area contributed by atoms with Crippen LogP contribution >= 0.6 is 0 Å². The average Bonchev–Trinajstić information content (AvgIpc) is 2.91. The van der Waals surface area contributed by atoms with Crippen LogP contribution in [0.25, 0.3) is 28.0 Å². The molecule has 1 atom stereocenters. The summed E-state index contributed by atoms with van der Waals surface area (Å²) >= 11 is 0. The summed E-state index contributed by atoms with van der Waals surface area (Å²) in [7, 11) is 0. The summed E-state index contributed by atoms with van der Waals surface area (Å²) in [6, 6.07) is 7.93. The van der Waals surface area contributed by atoms with E-state index in [0.29, 0.717) is 47.7 Å². The van der Waals surface area contributed by atoms with Gasteiger partial charge in [-0.05, 0) is 67.9 Å². The van der Waals surface area contributed by atoms with E-state index in [2.05, 4.69) is 21.8 Å². The van der Waals surface area contributed by atoms with Crippen molar-refractivity contribution in [2.75, 3.05) is 18.1 Å². The van der Waals surface area contributed by atoms with Crippen molar-refractivity contribution in [2.24, 2.45) is 0 Å².